The van der Waals surface area contributed by atoms with Crippen LogP contribution in [0.1, 0.15) is 19.3 Å². The van der Waals surface area contributed by atoms with Gasteiger partial charge in [0.2, 0.25) is 21.8 Å². The Morgan fingerprint density at radius 1 is 1.26 bits per heavy atom. The maximum atomic E-state index is 12.5. The summed E-state index contributed by atoms with van der Waals surface area (Å²) in [6.45, 7) is 2.35. The number of piperazine rings is 1. The maximum Gasteiger partial charge on any atom is 0.242 e. The van der Waals surface area contributed by atoms with Crippen molar-refractivity contribution in [2.45, 2.75) is 25.3 Å². The summed E-state index contributed by atoms with van der Waals surface area (Å²) in [6.07, 6.45) is 2.92. The molecule has 148 valence electrons. The first-order chi connectivity index (χ1) is 13.0. The van der Waals surface area contributed by atoms with E-state index < -0.39 is 16.1 Å². The summed E-state index contributed by atoms with van der Waals surface area (Å²) < 4.78 is 26.5. The number of sulfonamides is 1. The van der Waals surface area contributed by atoms with Gasteiger partial charge in [0, 0.05) is 45.3 Å². The van der Waals surface area contributed by atoms with Gasteiger partial charge in [-0.15, -0.1) is 0 Å². The highest BCUT2D eigenvalue weighted by atomic mass is 32.2. The minimum Gasteiger partial charge on any atom is -0.354 e. The Labute approximate surface area is 159 Å². The minimum absolute atomic E-state index is 0.00606. The molecule has 2 amide bonds. The van der Waals surface area contributed by atoms with Crippen molar-refractivity contribution >= 4 is 27.7 Å². The molecule has 2 aliphatic rings. The van der Waals surface area contributed by atoms with E-state index >= 15 is 0 Å². The largest absolute Gasteiger partial charge is 0.354 e. The van der Waals surface area contributed by atoms with Gasteiger partial charge >= 0.3 is 0 Å². The van der Waals surface area contributed by atoms with E-state index in [1.807, 2.05) is 18.2 Å². The van der Waals surface area contributed by atoms with Crippen molar-refractivity contribution in [3.05, 3.63) is 24.4 Å². The normalized spacial score (nSPS) is 21.1. The molecular weight excluding hydrogens is 370 g/mol. The smallest absolute Gasteiger partial charge is 0.242 e. The predicted octanol–water partition coefficient (Wildman–Crippen LogP) is -0.682. The number of hydrogen-bond acceptors (Lipinski definition) is 6. The number of amides is 2. The highest BCUT2D eigenvalue weighted by molar-refractivity contribution is 7.89. The van der Waals surface area contributed by atoms with Gasteiger partial charge in [-0.05, 0) is 25.0 Å². The van der Waals surface area contributed by atoms with Crippen LogP contribution in [0.25, 0.3) is 0 Å². The van der Waals surface area contributed by atoms with Crippen molar-refractivity contribution in [3.63, 3.8) is 0 Å². The summed E-state index contributed by atoms with van der Waals surface area (Å²) in [6, 6.07) is 5.19. The number of anilines is 1. The highest BCUT2D eigenvalue weighted by Gasteiger charge is 2.28. The molecule has 0 saturated carbocycles. The lowest BCUT2D eigenvalue weighted by Gasteiger charge is -2.34. The first-order valence-corrected chi connectivity index (χ1v) is 10.8. The zero-order valence-corrected chi connectivity index (χ0v) is 16.0. The Balaban J connectivity index is 1.39. The summed E-state index contributed by atoms with van der Waals surface area (Å²) >= 11 is 0. The number of aromatic nitrogens is 1. The molecule has 0 spiro atoms. The van der Waals surface area contributed by atoms with Crippen molar-refractivity contribution in [2.24, 2.45) is 0 Å². The standard InChI is InChI=1S/C17H25N5O4S/c23-16-6-5-14(20-16)17(24)19-8-3-13-27(25,26)22-11-9-21(10-12-22)15-4-1-2-7-18-15/h1-2,4,7,14H,3,5-6,8-13H2,(H,19,24)(H,20,23). The Morgan fingerprint density at radius 2 is 2.04 bits per heavy atom. The Bertz CT molecular complexity index is 763. The molecule has 0 radical (unpaired) electrons. The average Bonchev–Trinajstić information content (AvgIpc) is 3.12. The van der Waals surface area contributed by atoms with E-state index in [0.29, 0.717) is 45.4 Å². The molecule has 10 heteroatoms. The number of hydrogen-bond donors (Lipinski definition) is 2. The SMILES string of the molecule is O=C1CCC(C(=O)NCCCS(=O)(=O)N2CCN(c3ccccn3)CC2)N1. The minimum atomic E-state index is -3.35. The molecule has 0 bridgehead atoms. The van der Waals surface area contributed by atoms with Crippen molar-refractivity contribution < 1.29 is 18.0 Å². The second-order valence-electron chi connectivity index (χ2n) is 6.69. The van der Waals surface area contributed by atoms with Crippen LogP contribution >= 0.6 is 0 Å². The van der Waals surface area contributed by atoms with Crippen LogP contribution in [0.4, 0.5) is 5.82 Å². The van der Waals surface area contributed by atoms with Gasteiger partial charge in [0.1, 0.15) is 11.9 Å². The molecule has 9 nitrogen and oxygen atoms in total. The van der Waals surface area contributed by atoms with E-state index in [4.69, 9.17) is 0 Å². The first-order valence-electron chi connectivity index (χ1n) is 9.16. The van der Waals surface area contributed by atoms with Crippen LogP contribution < -0.4 is 15.5 Å². The van der Waals surface area contributed by atoms with Crippen LogP contribution in [0.15, 0.2) is 24.4 Å². The molecule has 2 aliphatic heterocycles. The molecule has 3 heterocycles. The van der Waals surface area contributed by atoms with Crippen LogP contribution in [-0.4, -0.2) is 74.0 Å². The summed E-state index contributed by atoms with van der Waals surface area (Å²) in [7, 11) is -3.35. The van der Waals surface area contributed by atoms with Crippen LogP contribution in [0.3, 0.4) is 0 Å². The third kappa shape index (κ3) is 5.16. The van der Waals surface area contributed by atoms with E-state index in [9.17, 15) is 18.0 Å². The second-order valence-corrected chi connectivity index (χ2v) is 8.78. The number of nitrogens with zero attached hydrogens (tertiary/aromatic N) is 3. The van der Waals surface area contributed by atoms with Gasteiger partial charge in [0.25, 0.3) is 0 Å². The average molecular weight is 395 g/mol. The number of carbonyl (C=O) groups is 2. The fourth-order valence-corrected chi connectivity index (χ4v) is 4.75. The van der Waals surface area contributed by atoms with Crippen molar-refractivity contribution in [3.8, 4) is 0 Å². The van der Waals surface area contributed by atoms with E-state index in [-0.39, 0.29) is 24.1 Å². The lowest BCUT2D eigenvalue weighted by molar-refractivity contribution is -0.125. The third-order valence-electron chi connectivity index (χ3n) is 4.80. The van der Waals surface area contributed by atoms with Crippen LogP contribution in [0.5, 0.6) is 0 Å². The second kappa shape index (κ2) is 8.66. The van der Waals surface area contributed by atoms with E-state index in [0.717, 1.165) is 5.82 Å². The van der Waals surface area contributed by atoms with Crippen LogP contribution in [-0.2, 0) is 19.6 Å². The summed E-state index contributed by atoms with van der Waals surface area (Å²) in [5.74, 6) is 0.481. The Kier molecular flexibility index (Phi) is 6.27. The summed E-state index contributed by atoms with van der Waals surface area (Å²) in [5.41, 5.74) is 0. The quantitative estimate of drug-likeness (QED) is 0.592. The van der Waals surface area contributed by atoms with Gasteiger partial charge in [0.15, 0.2) is 0 Å². The first kappa shape index (κ1) is 19.6. The predicted molar refractivity (Wildman–Crippen MR) is 101 cm³/mol. The van der Waals surface area contributed by atoms with E-state index in [1.165, 1.54) is 4.31 Å². The molecule has 1 aromatic heterocycles. The molecular formula is C17H25N5O4S. The fraction of sp³-hybridized carbons (Fsp3) is 0.588. The zero-order valence-electron chi connectivity index (χ0n) is 15.1. The number of pyridine rings is 1. The molecule has 2 N–H and O–H groups in total. The van der Waals surface area contributed by atoms with Gasteiger partial charge in [-0.25, -0.2) is 13.4 Å². The van der Waals surface area contributed by atoms with Crippen molar-refractivity contribution in [2.75, 3.05) is 43.4 Å². The summed E-state index contributed by atoms with van der Waals surface area (Å²) in [5, 5.41) is 5.29. The van der Waals surface area contributed by atoms with E-state index in [1.54, 1.807) is 6.20 Å². The molecule has 0 aliphatic carbocycles. The van der Waals surface area contributed by atoms with Gasteiger partial charge in [0.05, 0.1) is 5.75 Å². The molecule has 0 aromatic carbocycles. The van der Waals surface area contributed by atoms with Crippen LogP contribution in [0.2, 0.25) is 0 Å². The van der Waals surface area contributed by atoms with E-state index in [2.05, 4.69) is 20.5 Å². The molecule has 27 heavy (non-hydrogen) atoms. The molecule has 1 aromatic rings. The number of rotatable bonds is 7. The molecule has 2 fully saturated rings. The van der Waals surface area contributed by atoms with Crippen molar-refractivity contribution in [1.82, 2.24) is 19.9 Å². The Hall–Kier alpha value is -2.20. The zero-order chi connectivity index (χ0) is 19.3. The molecule has 3 rings (SSSR count). The Morgan fingerprint density at radius 3 is 2.67 bits per heavy atom. The molecule has 2 saturated heterocycles. The lowest BCUT2D eigenvalue weighted by atomic mass is 10.2. The molecule has 1 unspecified atom stereocenters. The monoisotopic (exact) mass is 395 g/mol. The number of carbonyl (C=O) groups excluding carboxylic acids is 2. The van der Waals surface area contributed by atoms with Crippen molar-refractivity contribution in [1.29, 1.82) is 0 Å². The third-order valence-corrected chi connectivity index (χ3v) is 6.75. The molecule has 1 atom stereocenters. The number of nitrogens with one attached hydrogen (secondary N) is 2. The maximum absolute atomic E-state index is 12.5. The lowest BCUT2D eigenvalue weighted by Crippen LogP contribution is -2.49. The highest BCUT2D eigenvalue weighted by Crippen LogP contribution is 2.15. The summed E-state index contributed by atoms with van der Waals surface area (Å²) in [4.78, 5) is 29.4. The fourth-order valence-electron chi connectivity index (χ4n) is 3.27. The van der Waals surface area contributed by atoms with Crippen LogP contribution in [0, 0.1) is 0 Å². The van der Waals surface area contributed by atoms with Gasteiger partial charge in [-0.1, -0.05) is 6.07 Å². The van der Waals surface area contributed by atoms with Gasteiger partial charge < -0.3 is 15.5 Å². The van der Waals surface area contributed by atoms with Gasteiger partial charge in [-0.3, -0.25) is 9.59 Å². The topological polar surface area (TPSA) is 112 Å². The van der Waals surface area contributed by atoms with Gasteiger partial charge in [-0.2, -0.15) is 4.31 Å².